The molecule has 320 valence electrons. The van der Waals surface area contributed by atoms with E-state index in [1.807, 2.05) is 135 Å². The maximum atomic E-state index is 12.9. The predicted octanol–water partition coefficient (Wildman–Crippen LogP) is 7.45. The number of rotatable bonds is 9. The van der Waals surface area contributed by atoms with Crippen molar-refractivity contribution in [2.24, 2.45) is 0 Å². The van der Waals surface area contributed by atoms with Gasteiger partial charge in [-0.25, -0.2) is 24.0 Å². The molecule has 0 atom stereocenters. The number of anilines is 2. The third-order valence-electron chi connectivity index (χ3n) is 9.96. The summed E-state index contributed by atoms with van der Waals surface area (Å²) in [6, 6.07) is 46.3. The maximum Gasteiger partial charge on any atom is 1.00 e. The molecule has 1 N–H and O–H groups in total. The molecule has 0 unspecified atom stereocenters. The number of benzene rings is 6. The van der Waals surface area contributed by atoms with E-state index in [0.29, 0.717) is 39.3 Å². The average Bonchev–Trinajstić information content (AvgIpc) is 3.62. The summed E-state index contributed by atoms with van der Waals surface area (Å²) in [6.45, 7) is 5.96. The van der Waals surface area contributed by atoms with Crippen LogP contribution >= 0.6 is 11.6 Å². The number of halogens is 1. The molecule has 6 aromatic carbocycles. The van der Waals surface area contributed by atoms with Crippen LogP contribution in [0.2, 0.25) is 5.28 Å². The number of nitrogens with one attached hydrogen (secondary N) is 1. The Labute approximate surface area is 399 Å². The van der Waals surface area contributed by atoms with Gasteiger partial charge in [0.1, 0.15) is 0 Å². The zero-order valence-electron chi connectivity index (χ0n) is 34.6. The minimum Gasteiger partial charge on any atom is -0.845 e. The number of carbonyl (C=O) groups is 1. The molecule has 14 heteroatoms. The predicted molar refractivity (Wildman–Crippen MR) is 251 cm³/mol. The van der Waals surface area contributed by atoms with Crippen LogP contribution in [0.25, 0.3) is 33.1 Å². The van der Waals surface area contributed by atoms with E-state index in [-0.39, 0.29) is 56.3 Å². The first kappa shape index (κ1) is 48.5. The van der Waals surface area contributed by atoms with Gasteiger partial charge in [0.25, 0.3) is 0 Å². The molecule has 12 nitrogen and oxygen atoms in total. The molecule has 3 aromatic heterocycles. The molecule has 0 spiro atoms. The summed E-state index contributed by atoms with van der Waals surface area (Å²) < 4.78 is 7.54. The summed E-state index contributed by atoms with van der Waals surface area (Å²) in [4.78, 5) is 38.4. The summed E-state index contributed by atoms with van der Waals surface area (Å²) in [6.07, 6.45) is 0.961. The number of carbonyl (C=O) groups excluding carboxylic acids is 1. The van der Waals surface area contributed by atoms with Crippen molar-refractivity contribution in [1.29, 1.82) is 0 Å². The Hall–Kier alpha value is -6.57. The van der Waals surface area contributed by atoms with E-state index in [9.17, 15) is 14.7 Å². The summed E-state index contributed by atoms with van der Waals surface area (Å²) in [5.41, 5.74) is 12.0. The van der Waals surface area contributed by atoms with Gasteiger partial charge >= 0.3 is 41.3 Å². The summed E-state index contributed by atoms with van der Waals surface area (Å²) in [7, 11) is 0. The number of nitrogens with zero attached hydrogens (tertiary/aromatic N) is 7. The molecule has 0 saturated carbocycles. The van der Waals surface area contributed by atoms with Crippen LogP contribution in [0.3, 0.4) is 0 Å². The largest absolute Gasteiger partial charge is 1.00 e. The molecule has 0 aliphatic heterocycles. The second-order valence-electron chi connectivity index (χ2n) is 14.4. The third-order valence-corrected chi connectivity index (χ3v) is 10.1. The van der Waals surface area contributed by atoms with Gasteiger partial charge in [-0.05, 0) is 116 Å². The van der Waals surface area contributed by atoms with Crippen molar-refractivity contribution in [1.82, 2.24) is 29.1 Å². The second-order valence-corrected chi connectivity index (χ2v) is 14.8. The quantitative estimate of drug-likeness (QED) is 0.0889. The van der Waals surface area contributed by atoms with Crippen molar-refractivity contribution in [3.63, 3.8) is 0 Å². The fourth-order valence-electron chi connectivity index (χ4n) is 6.90. The van der Waals surface area contributed by atoms with Crippen LogP contribution in [-0.4, -0.2) is 41.8 Å². The number of amides is 1. The Morgan fingerprint density at radius 1 is 0.703 bits per heavy atom. The fourth-order valence-corrected chi connectivity index (χ4v) is 7.08. The van der Waals surface area contributed by atoms with E-state index in [1.54, 1.807) is 6.92 Å². The molecule has 3 heterocycles. The van der Waals surface area contributed by atoms with Crippen LogP contribution in [0.5, 0.6) is 6.01 Å². The zero-order valence-corrected chi connectivity index (χ0v) is 37.4. The molecule has 9 aromatic rings. The Morgan fingerprint density at radius 3 is 1.80 bits per heavy atom. The number of aromatic nitrogens is 6. The monoisotopic (exact) mass is 882 g/mol. The Morgan fingerprint density at radius 2 is 1.23 bits per heavy atom. The van der Waals surface area contributed by atoms with Crippen molar-refractivity contribution in [3.05, 3.63) is 195 Å². The molecular weight excluding hydrogens is 835 g/mol. The topological polar surface area (TPSA) is 143 Å². The van der Waals surface area contributed by atoms with Gasteiger partial charge in [0, 0.05) is 10.8 Å². The van der Waals surface area contributed by atoms with Gasteiger partial charge in [-0.3, -0.25) is 5.43 Å². The number of hydrogen-bond donors (Lipinski definition) is 1. The smallest absolute Gasteiger partial charge is 0.845 e. The van der Waals surface area contributed by atoms with Crippen LogP contribution in [0.4, 0.5) is 16.3 Å². The maximum absolute atomic E-state index is 12.9. The second kappa shape index (κ2) is 21.7. The number of hydrogen-bond acceptors (Lipinski definition) is 9. The zero-order chi connectivity index (χ0) is 42.5. The van der Waals surface area contributed by atoms with E-state index in [4.69, 9.17) is 16.3 Å². The third kappa shape index (κ3) is 11.0. The molecule has 9 rings (SSSR count). The van der Waals surface area contributed by atoms with Crippen molar-refractivity contribution in [2.45, 2.75) is 48.5 Å². The first-order valence-electron chi connectivity index (χ1n) is 19.7. The van der Waals surface area contributed by atoms with Gasteiger partial charge in [-0.2, -0.15) is 14.7 Å². The van der Waals surface area contributed by atoms with E-state index >= 15 is 0 Å². The Balaban J connectivity index is 0.000000231. The molecule has 1 amide bonds. The van der Waals surface area contributed by atoms with Gasteiger partial charge in [-0.1, -0.05) is 123 Å². The van der Waals surface area contributed by atoms with Gasteiger partial charge in [0.05, 0.1) is 35.0 Å². The molecule has 0 bridgehead atoms. The molecule has 0 aliphatic rings. The Bertz CT molecular complexity index is 3060. The first-order valence-corrected chi connectivity index (χ1v) is 20.0. The first-order chi connectivity index (χ1) is 29.6. The molecular formula is C50H48ClN8NaO4. The van der Waals surface area contributed by atoms with Crippen LogP contribution in [0.15, 0.2) is 150 Å². The molecule has 64 heavy (non-hydrogen) atoms. The molecule has 0 aliphatic carbocycles. The molecule has 0 saturated heterocycles. The SMILES string of the molecule is C.C.CCOC(=O)N(Nc1nc(Cl)nc2ccc(Cc3ccccc3)cc12)c1ccc(C)cc1.Cc1ccc(-n2nc3c4cc(Cc5ccccc5)ccc4nc([O-])n3c2=O)cc1.[Na+]. The summed E-state index contributed by atoms with van der Waals surface area (Å²) in [5, 5.41) is 19.8. The number of ether oxygens (including phenoxy) is 1. The number of aryl methyl sites for hydroxylation is 2. The minimum absolute atomic E-state index is 0. The van der Waals surface area contributed by atoms with Gasteiger partial charge in [0.15, 0.2) is 11.5 Å². The van der Waals surface area contributed by atoms with E-state index < -0.39 is 17.8 Å². The van der Waals surface area contributed by atoms with Crippen LogP contribution in [0.1, 0.15) is 55.2 Å². The summed E-state index contributed by atoms with van der Waals surface area (Å²) in [5.74, 6) is 0.420. The normalized spacial score (nSPS) is 10.5. The van der Waals surface area contributed by atoms with E-state index in [0.717, 1.165) is 44.9 Å². The fraction of sp³-hybridized carbons (Fsp3) is 0.160. The van der Waals surface area contributed by atoms with Crippen molar-refractivity contribution in [3.8, 4) is 11.7 Å². The van der Waals surface area contributed by atoms with Gasteiger partial charge in [0.2, 0.25) is 5.28 Å². The van der Waals surface area contributed by atoms with E-state index in [2.05, 4.69) is 49.7 Å². The average molecular weight is 883 g/mol. The standard InChI is InChI=1S/C25H23ClN4O2.C23H18N4O2.2CH4.Na/c1-3-32-25(31)30(20-12-9-17(2)10-13-20)29-23-21-16-19(15-18-7-5-4-6-8-18)11-14-22(21)27-24(26)28-23;1-15-7-10-18(11-8-15)27-23(29)26-21(25-27)19-14-17(9-12-20(19)24-22(26)28)13-16-5-3-2-4-6-16;;;/h4-14,16H,3,15H2,1-2H3,(H,27,28,29);2-12,14H,13H2,1H3,(H,24,28);2*1H4;/q;;;;+1/p-1. The van der Waals surface area contributed by atoms with E-state index in [1.165, 1.54) is 20.8 Å². The summed E-state index contributed by atoms with van der Waals surface area (Å²) >= 11 is 6.19. The Kier molecular flexibility index (Phi) is 16.4. The van der Waals surface area contributed by atoms with Crippen molar-refractivity contribution < 1.29 is 44.2 Å². The van der Waals surface area contributed by atoms with Crippen LogP contribution < -0.4 is 50.8 Å². The van der Waals surface area contributed by atoms with Crippen LogP contribution in [-0.2, 0) is 17.6 Å². The van der Waals surface area contributed by atoms with Gasteiger partial charge < -0.3 is 9.84 Å². The van der Waals surface area contributed by atoms with Crippen LogP contribution in [0, 0.1) is 13.8 Å². The van der Waals surface area contributed by atoms with Crippen molar-refractivity contribution >= 4 is 56.7 Å². The molecule has 0 radical (unpaired) electrons. The number of hydrazine groups is 1. The van der Waals surface area contributed by atoms with Gasteiger partial charge in [-0.15, -0.1) is 5.10 Å². The minimum atomic E-state index is -0.619. The molecule has 0 fully saturated rings. The number of fused-ring (bicyclic) bond motifs is 4. The van der Waals surface area contributed by atoms with Crippen molar-refractivity contribution in [2.75, 3.05) is 17.0 Å².